The van der Waals surface area contributed by atoms with Crippen LogP contribution in [0.4, 0.5) is 0 Å². The Balaban J connectivity index is 1.64. The van der Waals surface area contributed by atoms with Crippen LogP contribution in [-0.2, 0) is 13.6 Å². The summed E-state index contributed by atoms with van der Waals surface area (Å²) < 4.78 is 1.65. The number of carbonyl (C=O) groups excluding carboxylic acids is 1. The van der Waals surface area contributed by atoms with Gasteiger partial charge in [-0.3, -0.25) is 19.4 Å². The first-order chi connectivity index (χ1) is 12.4. The van der Waals surface area contributed by atoms with Gasteiger partial charge in [-0.15, -0.1) is 0 Å². The summed E-state index contributed by atoms with van der Waals surface area (Å²) >= 11 is 0. The van der Waals surface area contributed by atoms with E-state index in [1.165, 1.54) is 5.56 Å². The van der Waals surface area contributed by atoms with Crippen molar-refractivity contribution >= 4 is 5.91 Å². The summed E-state index contributed by atoms with van der Waals surface area (Å²) in [5.74, 6) is -0.0521. The number of carbonyl (C=O) groups is 1. The van der Waals surface area contributed by atoms with Gasteiger partial charge < -0.3 is 10.0 Å². The Morgan fingerprint density at radius 2 is 2.12 bits per heavy atom. The normalized spacial score (nSPS) is 20.1. The maximum atomic E-state index is 12.8. The molecule has 0 saturated carbocycles. The third kappa shape index (κ3) is 4.11. The van der Waals surface area contributed by atoms with E-state index in [-0.39, 0.29) is 5.91 Å². The molecule has 1 fully saturated rings. The highest BCUT2D eigenvalue weighted by atomic mass is 16.3. The van der Waals surface area contributed by atoms with Gasteiger partial charge >= 0.3 is 0 Å². The number of pyridine rings is 1. The number of hydrogen-bond acceptors (Lipinski definition) is 5. The van der Waals surface area contributed by atoms with Crippen molar-refractivity contribution in [2.45, 2.75) is 32.4 Å². The summed E-state index contributed by atoms with van der Waals surface area (Å²) in [6.45, 7) is 6.98. The number of likely N-dealkylation sites (N-methyl/N-ethyl adjacent to an activating group) is 1. The summed E-state index contributed by atoms with van der Waals surface area (Å²) in [7, 11) is 1.81. The van der Waals surface area contributed by atoms with Crippen molar-refractivity contribution in [1.82, 2.24) is 24.6 Å². The van der Waals surface area contributed by atoms with E-state index in [0.717, 1.165) is 18.8 Å². The van der Waals surface area contributed by atoms with Gasteiger partial charge in [0.05, 0.1) is 23.4 Å². The summed E-state index contributed by atoms with van der Waals surface area (Å²) in [4.78, 5) is 20.7. The Kier molecular flexibility index (Phi) is 5.38. The van der Waals surface area contributed by atoms with Crippen LogP contribution in [0.25, 0.3) is 0 Å². The number of aryl methyl sites for hydroxylation is 2. The van der Waals surface area contributed by atoms with Gasteiger partial charge in [0.2, 0.25) is 0 Å². The number of aromatic nitrogens is 3. The average molecular weight is 357 g/mol. The van der Waals surface area contributed by atoms with Gasteiger partial charge in [0.15, 0.2) is 0 Å². The van der Waals surface area contributed by atoms with Crippen LogP contribution >= 0.6 is 0 Å². The zero-order valence-corrected chi connectivity index (χ0v) is 15.7. The van der Waals surface area contributed by atoms with E-state index in [0.29, 0.717) is 31.6 Å². The largest absolute Gasteiger partial charge is 0.387 e. The van der Waals surface area contributed by atoms with E-state index in [1.807, 2.05) is 26.1 Å². The minimum absolute atomic E-state index is 0.0521. The molecule has 3 heterocycles. The van der Waals surface area contributed by atoms with Crippen molar-refractivity contribution in [1.29, 1.82) is 0 Å². The van der Waals surface area contributed by atoms with Gasteiger partial charge in [0.25, 0.3) is 5.91 Å². The van der Waals surface area contributed by atoms with Gasteiger partial charge in [0, 0.05) is 45.3 Å². The van der Waals surface area contributed by atoms with Gasteiger partial charge in [-0.05, 0) is 37.6 Å². The number of likely N-dealkylation sites (tertiary alicyclic amines) is 1. The summed E-state index contributed by atoms with van der Waals surface area (Å²) in [6, 6.07) is 3.98. The third-order valence-corrected chi connectivity index (χ3v) is 4.98. The predicted octanol–water partition coefficient (Wildman–Crippen LogP) is 1.22. The number of hydrogen-bond donors (Lipinski definition) is 1. The maximum Gasteiger partial charge on any atom is 0.257 e. The number of amides is 1. The van der Waals surface area contributed by atoms with Crippen LogP contribution in [0, 0.1) is 6.92 Å². The first-order valence-corrected chi connectivity index (χ1v) is 9.03. The topological polar surface area (TPSA) is 74.5 Å². The van der Waals surface area contributed by atoms with Gasteiger partial charge in [-0.1, -0.05) is 6.92 Å². The second kappa shape index (κ2) is 7.55. The van der Waals surface area contributed by atoms with Crippen molar-refractivity contribution in [3.05, 3.63) is 47.5 Å². The van der Waals surface area contributed by atoms with E-state index >= 15 is 0 Å². The molecule has 1 atom stereocenters. The van der Waals surface area contributed by atoms with E-state index in [9.17, 15) is 9.90 Å². The zero-order chi connectivity index (χ0) is 18.7. The van der Waals surface area contributed by atoms with Crippen LogP contribution in [0.3, 0.4) is 0 Å². The third-order valence-electron chi connectivity index (χ3n) is 4.98. The Bertz CT molecular complexity index is 761. The quantitative estimate of drug-likeness (QED) is 0.841. The predicted molar refractivity (Wildman–Crippen MR) is 98.6 cm³/mol. The smallest absolute Gasteiger partial charge is 0.257 e. The monoisotopic (exact) mass is 357 g/mol. The number of rotatable bonds is 6. The molecule has 0 radical (unpaired) electrons. The first-order valence-electron chi connectivity index (χ1n) is 9.03. The molecule has 1 N–H and O–H groups in total. The molecule has 0 spiro atoms. The van der Waals surface area contributed by atoms with Crippen molar-refractivity contribution in [2.24, 2.45) is 7.05 Å². The van der Waals surface area contributed by atoms with Crippen LogP contribution in [0.1, 0.15) is 35.0 Å². The number of aliphatic hydroxyl groups is 1. The van der Waals surface area contributed by atoms with Crippen LogP contribution in [0.15, 0.2) is 30.7 Å². The maximum absolute atomic E-state index is 12.8. The highest BCUT2D eigenvalue weighted by Gasteiger charge is 2.40. The van der Waals surface area contributed by atoms with Gasteiger partial charge in [-0.25, -0.2) is 0 Å². The minimum atomic E-state index is -0.880. The molecule has 1 amide bonds. The molecule has 140 valence electrons. The van der Waals surface area contributed by atoms with E-state index in [1.54, 1.807) is 28.2 Å². The lowest BCUT2D eigenvalue weighted by Crippen LogP contribution is -2.45. The average Bonchev–Trinajstić information content (AvgIpc) is 3.17. The molecule has 2 aromatic rings. The molecule has 7 nitrogen and oxygen atoms in total. The number of β-amino-alcohol motifs (C(OH)–C–C–N with tert-alkyl or cyclic N) is 1. The Morgan fingerprint density at radius 3 is 2.73 bits per heavy atom. The lowest BCUT2D eigenvalue weighted by molar-refractivity contribution is 0.0108. The fourth-order valence-electron chi connectivity index (χ4n) is 3.58. The van der Waals surface area contributed by atoms with E-state index in [2.05, 4.69) is 21.9 Å². The highest BCUT2D eigenvalue weighted by Crippen LogP contribution is 2.25. The number of nitrogens with zero attached hydrogens (tertiary/aromatic N) is 5. The van der Waals surface area contributed by atoms with Crippen LogP contribution in [-0.4, -0.2) is 67.4 Å². The van der Waals surface area contributed by atoms with Gasteiger partial charge in [0.1, 0.15) is 0 Å². The van der Waals surface area contributed by atoms with E-state index in [4.69, 9.17) is 0 Å². The second-order valence-corrected chi connectivity index (χ2v) is 7.16. The van der Waals surface area contributed by atoms with Crippen molar-refractivity contribution < 1.29 is 9.90 Å². The molecule has 2 aromatic heterocycles. The van der Waals surface area contributed by atoms with Crippen LogP contribution in [0.5, 0.6) is 0 Å². The summed E-state index contributed by atoms with van der Waals surface area (Å²) in [5.41, 5.74) is 1.62. The molecule has 0 bridgehead atoms. The fraction of sp³-hybridized carbons (Fsp3) is 0.526. The first kappa shape index (κ1) is 18.5. The van der Waals surface area contributed by atoms with Gasteiger partial charge in [-0.2, -0.15) is 5.10 Å². The molecule has 0 aliphatic carbocycles. The van der Waals surface area contributed by atoms with Crippen molar-refractivity contribution in [2.75, 3.05) is 26.2 Å². The highest BCUT2D eigenvalue weighted by molar-refractivity contribution is 5.95. The summed E-state index contributed by atoms with van der Waals surface area (Å²) in [6.07, 6.45) is 5.90. The van der Waals surface area contributed by atoms with E-state index < -0.39 is 5.60 Å². The van der Waals surface area contributed by atoms with Crippen LogP contribution < -0.4 is 0 Å². The molecule has 7 heteroatoms. The molecule has 3 rings (SSSR count). The molecule has 1 aliphatic rings. The molecular weight excluding hydrogens is 330 g/mol. The molecular formula is C19H27N5O2. The molecule has 1 saturated heterocycles. The Hall–Kier alpha value is -2.25. The van der Waals surface area contributed by atoms with Crippen molar-refractivity contribution in [3.8, 4) is 0 Å². The lowest BCUT2D eigenvalue weighted by atomic mass is 10.0. The van der Waals surface area contributed by atoms with Crippen molar-refractivity contribution in [3.63, 3.8) is 0 Å². The SMILES string of the molecule is CCN(Cc1ccncc1)C[C@@]1(O)CCN(C(=O)c2cn(C)nc2C)C1. The van der Waals surface area contributed by atoms with Crippen LogP contribution in [0.2, 0.25) is 0 Å². The zero-order valence-electron chi connectivity index (χ0n) is 15.7. The molecule has 1 aliphatic heterocycles. The lowest BCUT2D eigenvalue weighted by Gasteiger charge is -2.30. The Labute approximate surface area is 154 Å². The summed E-state index contributed by atoms with van der Waals surface area (Å²) in [5, 5.41) is 15.3. The Morgan fingerprint density at radius 1 is 1.38 bits per heavy atom. The standard InChI is InChI=1S/C19H27N5O2/c1-4-23(11-16-5-8-20-9-6-16)13-19(26)7-10-24(14-19)18(25)17-12-22(3)21-15(17)2/h5-6,8-9,12,26H,4,7,10-11,13-14H2,1-3H3/t19-/m0/s1. The fourth-order valence-corrected chi connectivity index (χ4v) is 3.58. The molecule has 0 aromatic carbocycles. The second-order valence-electron chi connectivity index (χ2n) is 7.16. The minimum Gasteiger partial charge on any atom is -0.387 e. The molecule has 26 heavy (non-hydrogen) atoms. The molecule has 0 unspecified atom stereocenters.